The molecular weight excluding hydrogens is 358 g/mol. The summed E-state index contributed by atoms with van der Waals surface area (Å²) < 4.78 is 0. The van der Waals surface area contributed by atoms with Gasteiger partial charge < -0.3 is 10.1 Å². The first-order valence-corrected chi connectivity index (χ1v) is 9.07. The van der Waals surface area contributed by atoms with Crippen molar-refractivity contribution in [2.24, 2.45) is 0 Å². The summed E-state index contributed by atoms with van der Waals surface area (Å²) in [6, 6.07) is 19.0. The number of rotatable bonds is 4. The molecule has 2 N–H and O–H groups in total. The summed E-state index contributed by atoms with van der Waals surface area (Å²) in [4.78, 5) is 14.6. The van der Waals surface area contributed by atoms with Crippen molar-refractivity contribution in [3.8, 4) is 16.9 Å². The predicted molar refractivity (Wildman–Crippen MR) is 110 cm³/mol. The minimum atomic E-state index is 0.204. The van der Waals surface area contributed by atoms with Crippen LogP contribution in [0.4, 0.5) is 0 Å². The van der Waals surface area contributed by atoms with Gasteiger partial charge in [0.15, 0.2) is 0 Å². The number of aldehydes is 1. The maximum atomic E-state index is 11.2. The molecule has 3 nitrogen and oxygen atoms in total. The standard InChI is InChI=1S/C23H18ClNO2/c1-14-6-7-15(8-17(14)13-26)9-18-10-16-11-20(21(24)12-22(16)25-18)19-4-2-3-5-23(19)27/h2-8,10-13,25,27H,9H2,1H3. The van der Waals surface area contributed by atoms with Crippen LogP contribution in [0.15, 0.2) is 60.7 Å². The minimum absolute atomic E-state index is 0.204. The molecule has 0 amide bonds. The van der Waals surface area contributed by atoms with Crippen molar-refractivity contribution in [2.45, 2.75) is 13.3 Å². The topological polar surface area (TPSA) is 53.1 Å². The van der Waals surface area contributed by atoms with Crippen molar-refractivity contribution in [1.82, 2.24) is 4.98 Å². The molecule has 0 saturated carbocycles. The fourth-order valence-electron chi connectivity index (χ4n) is 3.36. The highest BCUT2D eigenvalue weighted by Gasteiger charge is 2.11. The van der Waals surface area contributed by atoms with Crippen LogP contribution in [-0.2, 0) is 6.42 Å². The van der Waals surface area contributed by atoms with Crippen molar-refractivity contribution < 1.29 is 9.90 Å². The van der Waals surface area contributed by atoms with Gasteiger partial charge in [-0.05, 0) is 48.4 Å². The number of aromatic amines is 1. The monoisotopic (exact) mass is 375 g/mol. The number of phenolic OH excluding ortho intramolecular Hbond substituents is 1. The van der Waals surface area contributed by atoms with E-state index in [1.807, 2.05) is 49.4 Å². The average Bonchev–Trinajstić information content (AvgIpc) is 3.04. The molecule has 1 aromatic heterocycles. The third-order valence-corrected chi connectivity index (χ3v) is 5.14. The number of carbonyl (C=O) groups excluding carboxylic acids is 1. The molecule has 4 heteroatoms. The number of phenols is 1. The first-order valence-electron chi connectivity index (χ1n) is 8.69. The van der Waals surface area contributed by atoms with Gasteiger partial charge in [-0.25, -0.2) is 0 Å². The summed E-state index contributed by atoms with van der Waals surface area (Å²) in [5.41, 5.74) is 6.25. The van der Waals surface area contributed by atoms with E-state index in [9.17, 15) is 9.90 Å². The van der Waals surface area contributed by atoms with Crippen molar-refractivity contribution >= 4 is 28.8 Å². The van der Waals surface area contributed by atoms with Crippen molar-refractivity contribution in [2.75, 3.05) is 0 Å². The van der Waals surface area contributed by atoms with Gasteiger partial charge in [0.25, 0.3) is 0 Å². The highest BCUT2D eigenvalue weighted by atomic mass is 35.5. The lowest BCUT2D eigenvalue weighted by atomic mass is 10.0. The zero-order valence-corrected chi connectivity index (χ0v) is 15.5. The highest BCUT2D eigenvalue weighted by molar-refractivity contribution is 6.34. The molecule has 0 aliphatic carbocycles. The van der Waals surface area contributed by atoms with E-state index in [2.05, 4.69) is 11.1 Å². The number of aromatic nitrogens is 1. The zero-order chi connectivity index (χ0) is 19.0. The smallest absolute Gasteiger partial charge is 0.150 e. The normalized spacial score (nSPS) is 11.0. The van der Waals surface area contributed by atoms with Crippen LogP contribution in [0, 0.1) is 6.92 Å². The van der Waals surface area contributed by atoms with Crippen molar-refractivity contribution in [3.05, 3.63) is 88.1 Å². The Bertz CT molecular complexity index is 1160. The van der Waals surface area contributed by atoms with Crippen LogP contribution in [0.5, 0.6) is 5.75 Å². The van der Waals surface area contributed by atoms with Gasteiger partial charge in [-0.1, -0.05) is 41.9 Å². The number of aromatic hydroxyl groups is 1. The van der Waals surface area contributed by atoms with Gasteiger partial charge in [0.2, 0.25) is 0 Å². The number of hydrogen-bond acceptors (Lipinski definition) is 2. The van der Waals surface area contributed by atoms with E-state index in [-0.39, 0.29) is 5.75 Å². The number of nitrogens with one attached hydrogen (secondary N) is 1. The largest absolute Gasteiger partial charge is 0.507 e. The SMILES string of the molecule is Cc1ccc(Cc2cc3cc(-c4ccccc4O)c(Cl)cc3[nH]2)cc1C=O. The number of carbonyl (C=O) groups is 1. The molecule has 27 heavy (non-hydrogen) atoms. The van der Waals surface area contributed by atoms with Crippen LogP contribution in [0.2, 0.25) is 5.02 Å². The van der Waals surface area contributed by atoms with Gasteiger partial charge in [0.1, 0.15) is 12.0 Å². The quantitative estimate of drug-likeness (QED) is 0.436. The molecule has 0 aliphatic heterocycles. The number of halogens is 1. The molecule has 0 atom stereocenters. The molecule has 0 unspecified atom stereocenters. The molecule has 0 radical (unpaired) electrons. The van der Waals surface area contributed by atoms with Crippen LogP contribution in [-0.4, -0.2) is 16.4 Å². The van der Waals surface area contributed by atoms with Crippen molar-refractivity contribution in [3.63, 3.8) is 0 Å². The molecule has 0 fully saturated rings. The fraction of sp³-hybridized carbons (Fsp3) is 0.0870. The fourth-order valence-corrected chi connectivity index (χ4v) is 3.63. The van der Waals surface area contributed by atoms with Gasteiger partial charge in [-0.15, -0.1) is 0 Å². The second-order valence-electron chi connectivity index (χ2n) is 6.72. The van der Waals surface area contributed by atoms with E-state index in [0.717, 1.165) is 39.6 Å². The molecule has 0 bridgehead atoms. The molecule has 1 heterocycles. The Morgan fingerprint density at radius 1 is 1.04 bits per heavy atom. The predicted octanol–water partition coefficient (Wildman–Crippen LogP) is 5.91. The molecule has 134 valence electrons. The molecule has 4 rings (SSSR count). The van der Waals surface area contributed by atoms with E-state index < -0.39 is 0 Å². The second-order valence-corrected chi connectivity index (χ2v) is 7.12. The number of benzene rings is 3. The van der Waals surface area contributed by atoms with E-state index in [1.165, 1.54) is 0 Å². The maximum absolute atomic E-state index is 11.2. The minimum Gasteiger partial charge on any atom is -0.507 e. The van der Waals surface area contributed by atoms with E-state index in [4.69, 9.17) is 11.6 Å². The summed E-state index contributed by atoms with van der Waals surface area (Å²) in [6.45, 7) is 1.93. The number of H-pyrrole nitrogens is 1. The Labute approximate surface area is 162 Å². The third-order valence-electron chi connectivity index (χ3n) is 4.82. The lowest BCUT2D eigenvalue weighted by Crippen LogP contribution is -1.92. The van der Waals surface area contributed by atoms with Crippen LogP contribution in [0.25, 0.3) is 22.0 Å². The lowest BCUT2D eigenvalue weighted by Gasteiger charge is -2.07. The Morgan fingerprint density at radius 2 is 1.85 bits per heavy atom. The van der Waals surface area contributed by atoms with Gasteiger partial charge in [0.05, 0.1) is 5.02 Å². The average molecular weight is 376 g/mol. The highest BCUT2D eigenvalue weighted by Crippen LogP contribution is 2.37. The lowest BCUT2D eigenvalue weighted by molar-refractivity contribution is 0.112. The van der Waals surface area contributed by atoms with Gasteiger partial charge in [-0.3, -0.25) is 4.79 Å². The van der Waals surface area contributed by atoms with Crippen LogP contribution in [0.3, 0.4) is 0 Å². The Hall–Kier alpha value is -3.04. The Morgan fingerprint density at radius 3 is 2.63 bits per heavy atom. The van der Waals surface area contributed by atoms with Crippen LogP contribution in [0.1, 0.15) is 27.2 Å². The van der Waals surface area contributed by atoms with Gasteiger partial charge >= 0.3 is 0 Å². The first-order chi connectivity index (χ1) is 13.0. The maximum Gasteiger partial charge on any atom is 0.150 e. The number of fused-ring (bicyclic) bond motifs is 1. The Balaban J connectivity index is 1.73. The second kappa shape index (κ2) is 6.93. The third kappa shape index (κ3) is 3.34. The summed E-state index contributed by atoms with van der Waals surface area (Å²) in [6.07, 6.45) is 1.59. The summed E-state index contributed by atoms with van der Waals surface area (Å²) in [5.74, 6) is 0.204. The van der Waals surface area contributed by atoms with Crippen LogP contribution < -0.4 is 0 Å². The summed E-state index contributed by atoms with van der Waals surface area (Å²) in [7, 11) is 0. The first kappa shape index (κ1) is 17.4. The number of hydrogen-bond donors (Lipinski definition) is 2. The molecular formula is C23H18ClNO2. The summed E-state index contributed by atoms with van der Waals surface area (Å²) >= 11 is 6.47. The van der Waals surface area contributed by atoms with Crippen LogP contribution >= 0.6 is 11.6 Å². The van der Waals surface area contributed by atoms with E-state index >= 15 is 0 Å². The molecule has 0 aliphatic rings. The van der Waals surface area contributed by atoms with E-state index in [1.54, 1.807) is 12.1 Å². The van der Waals surface area contributed by atoms with Gasteiger partial charge in [-0.2, -0.15) is 0 Å². The molecule has 0 spiro atoms. The molecule has 4 aromatic rings. The zero-order valence-electron chi connectivity index (χ0n) is 14.8. The Kier molecular flexibility index (Phi) is 4.46. The van der Waals surface area contributed by atoms with Crippen molar-refractivity contribution in [1.29, 1.82) is 0 Å². The van der Waals surface area contributed by atoms with Gasteiger partial charge in [0, 0.05) is 39.7 Å². The number of para-hydroxylation sites is 1. The summed E-state index contributed by atoms with van der Waals surface area (Å²) in [5, 5.41) is 11.7. The number of aryl methyl sites for hydroxylation is 1. The molecule has 0 saturated heterocycles. The molecule has 3 aromatic carbocycles. The van der Waals surface area contributed by atoms with E-state index in [0.29, 0.717) is 22.6 Å².